The number of nitrogens with zero attached hydrogens (tertiary/aromatic N) is 3. The SMILES string of the molecule is COc1cccc(-c2nnn(C)c2CN)c1. The van der Waals surface area contributed by atoms with Crippen LogP contribution in [0.5, 0.6) is 5.75 Å². The van der Waals surface area contributed by atoms with Crippen LogP contribution in [0.1, 0.15) is 5.69 Å². The van der Waals surface area contributed by atoms with Gasteiger partial charge >= 0.3 is 0 Å². The summed E-state index contributed by atoms with van der Waals surface area (Å²) in [7, 11) is 3.47. The highest BCUT2D eigenvalue weighted by Gasteiger charge is 2.11. The number of ether oxygens (including phenoxy) is 1. The third-order valence-electron chi connectivity index (χ3n) is 2.48. The molecule has 5 heteroatoms. The number of benzene rings is 1. The molecule has 0 saturated heterocycles. The first-order valence-electron chi connectivity index (χ1n) is 4.99. The van der Waals surface area contributed by atoms with Crippen LogP contribution in [0, 0.1) is 0 Å². The second kappa shape index (κ2) is 4.32. The lowest BCUT2D eigenvalue weighted by Crippen LogP contribution is -2.05. The fourth-order valence-electron chi connectivity index (χ4n) is 1.60. The van der Waals surface area contributed by atoms with Crippen molar-refractivity contribution in [1.82, 2.24) is 15.0 Å². The summed E-state index contributed by atoms with van der Waals surface area (Å²) in [6.45, 7) is 0.413. The summed E-state index contributed by atoms with van der Waals surface area (Å²) < 4.78 is 6.86. The van der Waals surface area contributed by atoms with E-state index in [9.17, 15) is 0 Å². The molecular weight excluding hydrogens is 204 g/mol. The molecule has 5 nitrogen and oxygen atoms in total. The van der Waals surface area contributed by atoms with Crippen molar-refractivity contribution >= 4 is 0 Å². The minimum absolute atomic E-state index is 0.413. The summed E-state index contributed by atoms with van der Waals surface area (Å²) in [6, 6.07) is 7.69. The average molecular weight is 218 g/mol. The number of aryl methyl sites for hydroxylation is 1. The van der Waals surface area contributed by atoms with Gasteiger partial charge in [-0.3, -0.25) is 4.68 Å². The molecule has 84 valence electrons. The van der Waals surface area contributed by atoms with Gasteiger partial charge in [-0.15, -0.1) is 5.10 Å². The zero-order valence-corrected chi connectivity index (χ0v) is 9.34. The first kappa shape index (κ1) is 10.6. The van der Waals surface area contributed by atoms with E-state index in [1.54, 1.807) is 11.8 Å². The number of hydrogen-bond donors (Lipinski definition) is 1. The lowest BCUT2D eigenvalue weighted by Gasteiger charge is -2.03. The van der Waals surface area contributed by atoms with Crippen molar-refractivity contribution in [3.63, 3.8) is 0 Å². The van der Waals surface area contributed by atoms with Gasteiger partial charge in [0.2, 0.25) is 0 Å². The van der Waals surface area contributed by atoms with Gasteiger partial charge in [0, 0.05) is 19.2 Å². The Morgan fingerprint density at radius 3 is 2.94 bits per heavy atom. The Morgan fingerprint density at radius 2 is 2.25 bits per heavy atom. The van der Waals surface area contributed by atoms with Gasteiger partial charge < -0.3 is 10.5 Å². The molecule has 2 aromatic rings. The van der Waals surface area contributed by atoms with Crippen LogP contribution in [0.4, 0.5) is 0 Å². The molecule has 0 saturated carbocycles. The standard InChI is InChI=1S/C11H14N4O/c1-15-10(7-12)11(13-14-15)8-4-3-5-9(6-8)16-2/h3-6H,7,12H2,1-2H3. The largest absolute Gasteiger partial charge is 0.497 e. The molecule has 1 aromatic carbocycles. The molecule has 0 aliphatic heterocycles. The summed E-state index contributed by atoms with van der Waals surface area (Å²) in [4.78, 5) is 0. The van der Waals surface area contributed by atoms with Crippen molar-refractivity contribution in [2.45, 2.75) is 6.54 Å². The second-order valence-electron chi connectivity index (χ2n) is 3.44. The Labute approximate surface area is 93.8 Å². The van der Waals surface area contributed by atoms with E-state index in [1.807, 2.05) is 31.3 Å². The van der Waals surface area contributed by atoms with Crippen LogP contribution in [0.2, 0.25) is 0 Å². The van der Waals surface area contributed by atoms with Crippen LogP contribution in [0.25, 0.3) is 11.3 Å². The monoisotopic (exact) mass is 218 g/mol. The van der Waals surface area contributed by atoms with Gasteiger partial charge in [-0.2, -0.15) is 0 Å². The van der Waals surface area contributed by atoms with Gasteiger partial charge in [0.15, 0.2) is 0 Å². The maximum Gasteiger partial charge on any atom is 0.119 e. The Bertz CT molecular complexity index is 492. The number of methoxy groups -OCH3 is 1. The third-order valence-corrected chi connectivity index (χ3v) is 2.48. The van der Waals surface area contributed by atoms with Crippen LogP contribution in [0.3, 0.4) is 0 Å². The Balaban J connectivity index is 2.49. The highest BCUT2D eigenvalue weighted by atomic mass is 16.5. The van der Waals surface area contributed by atoms with Crippen LogP contribution in [-0.2, 0) is 13.6 Å². The van der Waals surface area contributed by atoms with Crippen molar-refractivity contribution < 1.29 is 4.74 Å². The molecule has 0 bridgehead atoms. The van der Waals surface area contributed by atoms with E-state index in [0.29, 0.717) is 6.54 Å². The van der Waals surface area contributed by atoms with E-state index in [1.165, 1.54) is 0 Å². The molecule has 0 aliphatic rings. The Hall–Kier alpha value is -1.88. The summed E-state index contributed by atoms with van der Waals surface area (Å²) in [5.41, 5.74) is 8.36. The molecule has 0 atom stereocenters. The summed E-state index contributed by atoms with van der Waals surface area (Å²) in [6.07, 6.45) is 0. The molecule has 2 N–H and O–H groups in total. The quantitative estimate of drug-likeness (QED) is 0.833. The molecule has 0 unspecified atom stereocenters. The van der Waals surface area contributed by atoms with Gasteiger partial charge in [0.05, 0.1) is 12.8 Å². The van der Waals surface area contributed by atoms with Crippen LogP contribution < -0.4 is 10.5 Å². The van der Waals surface area contributed by atoms with E-state index >= 15 is 0 Å². The summed E-state index contributed by atoms with van der Waals surface area (Å²) in [5, 5.41) is 8.07. The van der Waals surface area contributed by atoms with Crippen molar-refractivity contribution in [1.29, 1.82) is 0 Å². The normalized spacial score (nSPS) is 10.4. The van der Waals surface area contributed by atoms with Gasteiger partial charge in [0.25, 0.3) is 0 Å². The smallest absolute Gasteiger partial charge is 0.119 e. The number of rotatable bonds is 3. The number of aromatic nitrogens is 3. The Kier molecular flexibility index (Phi) is 2.87. The predicted molar refractivity (Wildman–Crippen MR) is 60.9 cm³/mol. The van der Waals surface area contributed by atoms with E-state index in [0.717, 1.165) is 22.7 Å². The summed E-state index contributed by atoms with van der Waals surface area (Å²) in [5.74, 6) is 0.797. The zero-order valence-electron chi connectivity index (χ0n) is 9.34. The number of hydrogen-bond acceptors (Lipinski definition) is 4. The van der Waals surface area contributed by atoms with E-state index in [2.05, 4.69) is 10.3 Å². The van der Waals surface area contributed by atoms with Crippen LogP contribution >= 0.6 is 0 Å². The first-order chi connectivity index (χ1) is 7.76. The van der Waals surface area contributed by atoms with Crippen LogP contribution in [0.15, 0.2) is 24.3 Å². The highest BCUT2D eigenvalue weighted by molar-refractivity contribution is 5.63. The van der Waals surface area contributed by atoms with Gasteiger partial charge in [-0.25, -0.2) is 0 Å². The molecule has 0 amide bonds. The van der Waals surface area contributed by atoms with Crippen LogP contribution in [-0.4, -0.2) is 22.1 Å². The van der Waals surface area contributed by atoms with Gasteiger partial charge in [-0.05, 0) is 12.1 Å². The predicted octanol–water partition coefficient (Wildman–Crippen LogP) is 0.949. The molecule has 2 rings (SSSR count). The lowest BCUT2D eigenvalue weighted by atomic mass is 10.1. The zero-order chi connectivity index (χ0) is 11.5. The molecule has 1 heterocycles. The number of nitrogens with two attached hydrogens (primary N) is 1. The van der Waals surface area contributed by atoms with Crippen molar-refractivity contribution in [3.8, 4) is 17.0 Å². The van der Waals surface area contributed by atoms with Gasteiger partial charge in [0.1, 0.15) is 11.4 Å². The van der Waals surface area contributed by atoms with E-state index < -0.39 is 0 Å². The van der Waals surface area contributed by atoms with Gasteiger partial charge in [-0.1, -0.05) is 17.3 Å². The highest BCUT2D eigenvalue weighted by Crippen LogP contribution is 2.24. The fraction of sp³-hybridized carbons (Fsp3) is 0.273. The Morgan fingerprint density at radius 1 is 1.44 bits per heavy atom. The molecular formula is C11H14N4O. The van der Waals surface area contributed by atoms with Crippen molar-refractivity contribution in [3.05, 3.63) is 30.0 Å². The van der Waals surface area contributed by atoms with E-state index in [-0.39, 0.29) is 0 Å². The first-order valence-corrected chi connectivity index (χ1v) is 4.99. The lowest BCUT2D eigenvalue weighted by molar-refractivity contribution is 0.415. The maximum atomic E-state index is 5.67. The molecule has 0 radical (unpaired) electrons. The second-order valence-corrected chi connectivity index (χ2v) is 3.44. The molecule has 0 aliphatic carbocycles. The minimum atomic E-state index is 0.413. The summed E-state index contributed by atoms with van der Waals surface area (Å²) >= 11 is 0. The van der Waals surface area contributed by atoms with Crippen molar-refractivity contribution in [2.24, 2.45) is 12.8 Å². The maximum absolute atomic E-state index is 5.67. The van der Waals surface area contributed by atoms with Crippen molar-refractivity contribution in [2.75, 3.05) is 7.11 Å². The minimum Gasteiger partial charge on any atom is -0.497 e. The average Bonchev–Trinajstić information content (AvgIpc) is 2.70. The molecule has 0 spiro atoms. The molecule has 16 heavy (non-hydrogen) atoms. The third kappa shape index (κ3) is 1.77. The van der Waals surface area contributed by atoms with E-state index in [4.69, 9.17) is 10.5 Å². The molecule has 0 fully saturated rings. The fourth-order valence-corrected chi connectivity index (χ4v) is 1.60. The molecule has 1 aromatic heterocycles. The topological polar surface area (TPSA) is 66.0 Å².